The first-order chi connectivity index (χ1) is 5.26. The highest BCUT2D eigenvalue weighted by molar-refractivity contribution is 7.98. The van der Waals surface area contributed by atoms with Crippen molar-refractivity contribution in [3.8, 4) is 0 Å². The van der Waals surface area contributed by atoms with Gasteiger partial charge in [0.05, 0.1) is 0 Å². The van der Waals surface area contributed by atoms with Gasteiger partial charge in [-0.3, -0.25) is 0 Å². The summed E-state index contributed by atoms with van der Waals surface area (Å²) in [4.78, 5) is 1.16. The predicted octanol–water partition coefficient (Wildman–Crippen LogP) is 2.94. The molecule has 0 saturated heterocycles. The molecule has 1 aromatic rings. The second-order valence-corrected chi connectivity index (χ2v) is 3.52. The number of nitrogens with two attached hydrogens (primary N) is 1. The first kappa shape index (κ1) is 12.1. The average molecular weight is 224 g/mol. The van der Waals surface area contributed by atoms with E-state index in [1.54, 1.807) is 11.8 Å². The monoisotopic (exact) mass is 223 g/mol. The Balaban J connectivity index is 0.00000121. The largest absolute Gasteiger partial charge is 0.326 e. The minimum absolute atomic E-state index is 0. The molecule has 0 aromatic heterocycles. The summed E-state index contributed by atoms with van der Waals surface area (Å²) in [5, 5.41) is 0.761. The Hall–Kier alpha value is 0.110. The van der Waals surface area contributed by atoms with E-state index in [1.165, 1.54) is 0 Å². The summed E-state index contributed by atoms with van der Waals surface area (Å²) in [5.74, 6) is 0. The van der Waals surface area contributed by atoms with Gasteiger partial charge in [0.1, 0.15) is 0 Å². The predicted molar refractivity (Wildman–Crippen MR) is 58.4 cm³/mol. The van der Waals surface area contributed by atoms with Crippen molar-refractivity contribution >= 4 is 35.8 Å². The Morgan fingerprint density at radius 1 is 1.42 bits per heavy atom. The molecular weight excluding hydrogens is 213 g/mol. The maximum atomic E-state index is 5.84. The zero-order valence-electron chi connectivity index (χ0n) is 6.71. The van der Waals surface area contributed by atoms with Gasteiger partial charge >= 0.3 is 0 Å². The normalized spacial score (nSPS) is 9.25. The van der Waals surface area contributed by atoms with Gasteiger partial charge in [0.2, 0.25) is 0 Å². The third-order valence-electron chi connectivity index (χ3n) is 1.40. The van der Waals surface area contributed by atoms with Gasteiger partial charge in [0.25, 0.3) is 0 Å². The summed E-state index contributed by atoms with van der Waals surface area (Å²) >= 11 is 7.51. The molecule has 0 heterocycles. The quantitative estimate of drug-likeness (QED) is 0.781. The van der Waals surface area contributed by atoms with E-state index in [2.05, 4.69) is 6.07 Å². The van der Waals surface area contributed by atoms with Crippen LogP contribution in [0.4, 0.5) is 0 Å². The van der Waals surface area contributed by atoms with Gasteiger partial charge in [-0.15, -0.1) is 24.2 Å². The Morgan fingerprint density at radius 3 is 2.58 bits per heavy atom. The van der Waals surface area contributed by atoms with Crippen molar-refractivity contribution in [2.24, 2.45) is 5.73 Å². The molecule has 0 bridgehead atoms. The van der Waals surface area contributed by atoms with Crippen molar-refractivity contribution in [2.45, 2.75) is 11.4 Å². The van der Waals surface area contributed by atoms with Gasteiger partial charge in [-0.25, -0.2) is 0 Å². The molecule has 0 radical (unpaired) electrons. The molecule has 0 amide bonds. The summed E-state index contributed by atoms with van der Waals surface area (Å²) < 4.78 is 0. The highest BCUT2D eigenvalue weighted by Gasteiger charge is 1.96. The second kappa shape index (κ2) is 5.70. The van der Waals surface area contributed by atoms with Gasteiger partial charge in [-0.05, 0) is 30.0 Å². The average Bonchev–Trinajstić information content (AvgIpc) is 2.03. The van der Waals surface area contributed by atoms with Crippen LogP contribution < -0.4 is 5.73 Å². The first-order valence-electron chi connectivity index (χ1n) is 3.30. The summed E-state index contributed by atoms with van der Waals surface area (Å²) in [6.07, 6.45) is 2.02. The van der Waals surface area contributed by atoms with Crippen LogP contribution in [0.15, 0.2) is 23.1 Å². The van der Waals surface area contributed by atoms with Crippen molar-refractivity contribution in [3.05, 3.63) is 28.8 Å². The molecule has 4 heteroatoms. The lowest BCUT2D eigenvalue weighted by Gasteiger charge is -2.01. The number of benzene rings is 1. The van der Waals surface area contributed by atoms with Crippen LogP contribution in [0.25, 0.3) is 0 Å². The fraction of sp³-hybridized carbons (Fsp3) is 0.250. The molecule has 68 valence electrons. The van der Waals surface area contributed by atoms with Crippen LogP contribution in [0.3, 0.4) is 0 Å². The molecule has 0 saturated carbocycles. The number of halogens is 2. The zero-order valence-corrected chi connectivity index (χ0v) is 9.10. The van der Waals surface area contributed by atoms with E-state index in [0.717, 1.165) is 15.5 Å². The van der Waals surface area contributed by atoms with Crippen LogP contribution in [0.5, 0.6) is 0 Å². The van der Waals surface area contributed by atoms with Crippen LogP contribution in [0.2, 0.25) is 5.02 Å². The molecular formula is C8H11Cl2NS. The highest BCUT2D eigenvalue weighted by Crippen LogP contribution is 2.21. The summed E-state index contributed by atoms with van der Waals surface area (Å²) in [6, 6.07) is 5.88. The maximum Gasteiger partial charge on any atom is 0.0420 e. The van der Waals surface area contributed by atoms with Crippen LogP contribution in [0.1, 0.15) is 5.56 Å². The molecule has 0 fully saturated rings. The molecule has 0 aliphatic rings. The number of hydrogen-bond acceptors (Lipinski definition) is 2. The third kappa shape index (κ3) is 3.23. The van der Waals surface area contributed by atoms with Crippen LogP contribution in [-0.2, 0) is 6.54 Å². The molecule has 0 atom stereocenters. The maximum absolute atomic E-state index is 5.84. The lowest BCUT2D eigenvalue weighted by molar-refractivity contribution is 1.06. The lowest BCUT2D eigenvalue weighted by atomic mass is 10.2. The van der Waals surface area contributed by atoms with Crippen LogP contribution >= 0.6 is 35.8 Å². The van der Waals surface area contributed by atoms with E-state index in [-0.39, 0.29) is 12.4 Å². The smallest absolute Gasteiger partial charge is 0.0420 e. The molecule has 1 rings (SSSR count). The summed E-state index contributed by atoms with van der Waals surface area (Å²) in [5.41, 5.74) is 6.56. The Labute approximate surface area is 88.1 Å². The van der Waals surface area contributed by atoms with Gasteiger partial charge in [-0.1, -0.05) is 11.6 Å². The molecule has 1 nitrogen and oxygen atoms in total. The highest BCUT2D eigenvalue weighted by atomic mass is 35.5. The number of rotatable bonds is 2. The van der Waals surface area contributed by atoms with E-state index in [9.17, 15) is 0 Å². The van der Waals surface area contributed by atoms with Crippen molar-refractivity contribution in [1.29, 1.82) is 0 Å². The molecule has 0 aliphatic carbocycles. The van der Waals surface area contributed by atoms with E-state index in [4.69, 9.17) is 17.3 Å². The van der Waals surface area contributed by atoms with Gasteiger partial charge in [-0.2, -0.15) is 0 Å². The van der Waals surface area contributed by atoms with Gasteiger partial charge in [0.15, 0.2) is 0 Å². The Morgan fingerprint density at radius 2 is 2.08 bits per heavy atom. The van der Waals surface area contributed by atoms with E-state index in [0.29, 0.717) is 6.54 Å². The number of hydrogen-bond donors (Lipinski definition) is 1. The molecule has 12 heavy (non-hydrogen) atoms. The molecule has 0 spiro atoms. The summed E-state index contributed by atoms with van der Waals surface area (Å²) in [7, 11) is 0. The first-order valence-corrected chi connectivity index (χ1v) is 4.90. The zero-order chi connectivity index (χ0) is 8.27. The minimum atomic E-state index is 0. The Kier molecular flexibility index (Phi) is 5.76. The van der Waals surface area contributed by atoms with Gasteiger partial charge < -0.3 is 5.73 Å². The van der Waals surface area contributed by atoms with E-state index < -0.39 is 0 Å². The number of thioether (sulfide) groups is 1. The van der Waals surface area contributed by atoms with E-state index >= 15 is 0 Å². The fourth-order valence-corrected chi connectivity index (χ4v) is 1.69. The lowest BCUT2D eigenvalue weighted by Crippen LogP contribution is -1.95. The van der Waals surface area contributed by atoms with Gasteiger partial charge in [0, 0.05) is 16.5 Å². The molecule has 0 aliphatic heterocycles. The SMILES string of the molecule is CSc1cc(Cl)cc(CN)c1.Cl. The Bertz CT molecular complexity index is 231. The van der Waals surface area contributed by atoms with Crippen LogP contribution in [0, 0.1) is 0 Å². The summed E-state index contributed by atoms with van der Waals surface area (Å²) in [6.45, 7) is 0.550. The molecule has 0 unspecified atom stereocenters. The van der Waals surface area contributed by atoms with Crippen LogP contribution in [-0.4, -0.2) is 6.26 Å². The van der Waals surface area contributed by atoms with Crippen molar-refractivity contribution in [3.63, 3.8) is 0 Å². The second-order valence-electron chi connectivity index (χ2n) is 2.20. The molecule has 2 N–H and O–H groups in total. The topological polar surface area (TPSA) is 26.0 Å². The van der Waals surface area contributed by atoms with Crippen molar-refractivity contribution < 1.29 is 0 Å². The fourth-order valence-electron chi connectivity index (χ4n) is 0.856. The van der Waals surface area contributed by atoms with Crippen molar-refractivity contribution in [2.75, 3.05) is 6.26 Å². The third-order valence-corrected chi connectivity index (χ3v) is 2.33. The standard InChI is InChI=1S/C8H10ClNS.ClH/c1-11-8-3-6(5-10)2-7(9)4-8;/h2-4H,5,10H2,1H3;1H. The molecule has 1 aromatic carbocycles. The minimum Gasteiger partial charge on any atom is -0.326 e. The van der Waals surface area contributed by atoms with Crippen molar-refractivity contribution in [1.82, 2.24) is 0 Å². The van der Waals surface area contributed by atoms with E-state index in [1.807, 2.05) is 18.4 Å².